The van der Waals surface area contributed by atoms with E-state index in [2.05, 4.69) is 5.32 Å². The van der Waals surface area contributed by atoms with Crippen LogP contribution in [-0.2, 0) is 9.59 Å². The molecule has 2 N–H and O–H groups in total. The number of halogens is 2. The minimum absolute atomic E-state index is 0.0120. The third-order valence-electron chi connectivity index (χ3n) is 2.68. The first-order valence-electron chi connectivity index (χ1n) is 6.40. The third-order valence-corrected chi connectivity index (χ3v) is 4.79. The van der Waals surface area contributed by atoms with Gasteiger partial charge in [-0.2, -0.15) is 0 Å². The van der Waals surface area contributed by atoms with E-state index in [0.29, 0.717) is 21.5 Å². The van der Waals surface area contributed by atoms with Crippen LogP contribution in [0.5, 0.6) is 0 Å². The molecule has 0 radical (unpaired) electrons. The zero-order valence-corrected chi connectivity index (χ0v) is 14.1. The summed E-state index contributed by atoms with van der Waals surface area (Å²) in [7, 11) is 0. The van der Waals surface area contributed by atoms with Crippen molar-refractivity contribution in [1.29, 1.82) is 0 Å². The number of hydrogen-bond donors (Lipinski definition) is 2. The summed E-state index contributed by atoms with van der Waals surface area (Å²) in [6, 6.07) is 4.81. The number of carboxylic acid groups (broad SMARTS) is 1. The van der Waals surface area contributed by atoms with E-state index in [9.17, 15) is 9.59 Å². The zero-order valence-electron chi connectivity index (χ0n) is 11.7. The molecule has 0 saturated heterocycles. The highest BCUT2D eigenvalue weighted by Gasteiger charge is 2.21. The lowest BCUT2D eigenvalue weighted by Crippen LogP contribution is -2.23. The molecule has 1 amide bonds. The molecule has 0 aliphatic carbocycles. The highest BCUT2D eigenvalue weighted by atomic mass is 35.5. The highest BCUT2D eigenvalue weighted by Crippen LogP contribution is 2.26. The summed E-state index contributed by atoms with van der Waals surface area (Å²) >= 11 is 13.1. The Kier molecular flexibility index (Phi) is 7.35. The molecule has 0 heterocycles. The molecule has 0 aliphatic heterocycles. The Labute approximate surface area is 138 Å². The normalized spacial score (nSPS) is 12.2. The van der Waals surface area contributed by atoms with Crippen LogP contribution in [0.15, 0.2) is 18.2 Å². The number of thioether (sulfide) groups is 1. The molecule has 1 aromatic rings. The fourth-order valence-electron chi connectivity index (χ4n) is 1.63. The number of amides is 1. The minimum atomic E-state index is -0.853. The van der Waals surface area contributed by atoms with E-state index in [0.717, 1.165) is 0 Å². The maximum atomic E-state index is 11.8. The van der Waals surface area contributed by atoms with Gasteiger partial charge in [0.15, 0.2) is 0 Å². The van der Waals surface area contributed by atoms with E-state index in [-0.39, 0.29) is 18.2 Å². The minimum Gasteiger partial charge on any atom is -0.480 e. The molecule has 0 aliphatic rings. The molecular formula is C14H17Cl2NO3S. The number of benzene rings is 1. The molecule has 4 nitrogen and oxygen atoms in total. The second-order valence-electron chi connectivity index (χ2n) is 4.80. The molecule has 1 unspecified atom stereocenters. The molecule has 0 fully saturated rings. The van der Waals surface area contributed by atoms with Crippen LogP contribution in [0.4, 0.5) is 5.69 Å². The smallest absolute Gasteiger partial charge is 0.316 e. The van der Waals surface area contributed by atoms with Crippen molar-refractivity contribution in [3.63, 3.8) is 0 Å². The Hall–Kier alpha value is -0.910. The Bertz CT molecular complexity index is 523. The van der Waals surface area contributed by atoms with Gasteiger partial charge < -0.3 is 10.4 Å². The number of hydrogen-bond acceptors (Lipinski definition) is 3. The van der Waals surface area contributed by atoms with Gasteiger partial charge in [0.25, 0.3) is 0 Å². The lowest BCUT2D eigenvalue weighted by atomic mass is 10.1. The van der Waals surface area contributed by atoms with Crippen LogP contribution < -0.4 is 5.32 Å². The molecule has 0 spiro atoms. The van der Waals surface area contributed by atoms with Gasteiger partial charge in [-0.15, -0.1) is 11.8 Å². The number of rotatable bonds is 7. The fraction of sp³-hybridized carbons (Fsp3) is 0.429. The molecule has 0 bridgehead atoms. The van der Waals surface area contributed by atoms with Gasteiger partial charge in [-0.3, -0.25) is 9.59 Å². The summed E-state index contributed by atoms with van der Waals surface area (Å²) in [5.74, 6) is -0.634. The average Bonchev–Trinajstić information content (AvgIpc) is 2.38. The topological polar surface area (TPSA) is 66.4 Å². The van der Waals surface area contributed by atoms with Crippen LogP contribution in [0.25, 0.3) is 0 Å². The first-order chi connectivity index (χ1) is 9.81. The van der Waals surface area contributed by atoms with Gasteiger partial charge in [-0.1, -0.05) is 37.0 Å². The molecule has 1 atom stereocenters. The highest BCUT2D eigenvalue weighted by molar-refractivity contribution is 8.00. The summed E-state index contributed by atoms with van der Waals surface area (Å²) in [5, 5.41) is 12.1. The van der Waals surface area contributed by atoms with E-state index >= 15 is 0 Å². The van der Waals surface area contributed by atoms with Crippen molar-refractivity contribution in [2.75, 3.05) is 11.1 Å². The van der Waals surface area contributed by atoms with Crippen molar-refractivity contribution in [2.24, 2.45) is 5.92 Å². The maximum Gasteiger partial charge on any atom is 0.316 e. The van der Waals surface area contributed by atoms with Gasteiger partial charge in [-0.05, 0) is 24.1 Å². The number of carboxylic acids is 1. The van der Waals surface area contributed by atoms with Gasteiger partial charge >= 0.3 is 5.97 Å². The van der Waals surface area contributed by atoms with Crippen molar-refractivity contribution in [3.05, 3.63) is 28.2 Å². The summed E-state index contributed by atoms with van der Waals surface area (Å²) < 4.78 is 0. The Morgan fingerprint density at radius 1 is 1.33 bits per heavy atom. The lowest BCUT2D eigenvalue weighted by Gasteiger charge is -2.15. The summed E-state index contributed by atoms with van der Waals surface area (Å²) in [5.41, 5.74) is 0.456. The van der Waals surface area contributed by atoms with E-state index in [4.69, 9.17) is 28.3 Å². The quantitative estimate of drug-likeness (QED) is 0.775. The molecule has 7 heteroatoms. The molecule has 1 rings (SSSR count). The number of aliphatic carboxylic acids is 1. The number of carbonyl (C=O) groups is 2. The van der Waals surface area contributed by atoms with Gasteiger partial charge in [0.2, 0.25) is 5.91 Å². The van der Waals surface area contributed by atoms with E-state index in [1.807, 2.05) is 13.8 Å². The van der Waals surface area contributed by atoms with Gasteiger partial charge in [0.05, 0.1) is 10.7 Å². The molecule has 1 aromatic carbocycles. The standard InChI is InChI=1S/C14H17Cl2NO3S/c1-8(2)13(14(19)20)21-6-5-12(18)17-11-7-9(15)3-4-10(11)16/h3-4,7-8,13H,5-6H2,1-2H3,(H,17,18)(H,19,20). The Morgan fingerprint density at radius 2 is 2.00 bits per heavy atom. The van der Waals surface area contributed by atoms with Crippen LogP contribution in [0, 0.1) is 5.92 Å². The number of nitrogens with one attached hydrogen (secondary N) is 1. The van der Waals surface area contributed by atoms with E-state index < -0.39 is 11.2 Å². The molecule has 21 heavy (non-hydrogen) atoms. The molecule has 0 saturated carbocycles. The van der Waals surface area contributed by atoms with Gasteiger partial charge in [-0.25, -0.2) is 0 Å². The maximum absolute atomic E-state index is 11.8. The van der Waals surface area contributed by atoms with Crippen LogP contribution in [0.3, 0.4) is 0 Å². The largest absolute Gasteiger partial charge is 0.480 e. The Morgan fingerprint density at radius 3 is 2.57 bits per heavy atom. The first kappa shape index (κ1) is 18.1. The lowest BCUT2D eigenvalue weighted by molar-refractivity contribution is -0.137. The van der Waals surface area contributed by atoms with Crippen molar-refractivity contribution in [2.45, 2.75) is 25.5 Å². The van der Waals surface area contributed by atoms with Crippen molar-refractivity contribution in [1.82, 2.24) is 0 Å². The average molecular weight is 350 g/mol. The van der Waals surface area contributed by atoms with Crippen LogP contribution in [0.1, 0.15) is 20.3 Å². The molecular weight excluding hydrogens is 333 g/mol. The van der Waals surface area contributed by atoms with E-state index in [1.165, 1.54) is 11.8 Å². The third kappa shape index (κ3) is 6.16. The van der Waals surface area contributed by atoms with Gasteiger partial charge in [0, 0.05) is 17.2 Å². The van der Waals surface area contributed by atoms with E-state index in [1.54, 1.807) is 18.2 Å². The predicted octanol–water partition coefficient (Wildman–Crippen LogP) is 4.16. The molecule has 0 aromatic heterocycles. The van der Waals surface area contributed by atoms with Crippen LogP contribution in [-0.4, -0.2) is 28.0 Å². The monoisotopic (exact) mass is 349 g/mol. The number of carbonyl (C=O) groups excluding carboxylic acids is 1. The predicted molar refractivity (Wildman–Crippen MR) is 88.4 cm³/mol. The summed E-state index contributed by atoms with van der Waals surface area (Å²) in [4.78, 5) is 22.9. The van der Waals surface area contributed by atoms with Gasteiger partial charge in [0.1, 0.15) is 5.25 Å². The van der Waals surface area contributed by atoms with Crippen molar-refractivity contribution >= 4 is 52.5 Å². The van der Waals surface area contributed by atoms with Crippen molar-refractivity contribution < 1.29 is 14.7 Å². The fourth-order valence-corrected chi connectivity index (χ4v) is 3.06. The SMILES string of the molecule is CC(C)C(SCCC(=O)Nc1cc(Cl)ccc1Cl)C(=O)O. The molecule has 116 valence electrons. The second kappa shape index (κ2) is 8.51. The Balaban J connectivity index is 2.48. The van der Waals surface area contributed by atoms with Crippen molar-refractivity contribution in [3.8, 4) is 0 Å². The zero-order chi connectivity index (χ0) is 16.0. The number of anilines is 1. The first-order valence-corrected chi connectivity index (χ1v) is 8.21. The summed E-state index contributed by atoms with van der Waals surface area (Å²) in [6.07, 6.45) is 0.212. The van der Waals surface area contributed by atoms with Crippen LogP contribution >= 0.6 is 35.0 Å². The summed E-state index contributed by atoms with van der Waals surface area (Å²) in [6.45, 7) is 3.69. The van der Waals surface area contributed by atoms with Crippen LogP contribution in [0.2, 0.25) is 10.0 Å². The second-order valence-corrected chi connectivity index (χ2v) is 6.89.